The topological polar surface area (TPSA) is 57.9 Å². The third-order valence-corrected chi connectivity index (χ3v) is 2.42. The molecular formula is C11H5ClF3NO2. The molecule has 1 rings (SSSR count). The lowest BCUT2D eigenvalue weighted by Crippen LogP contribution is -2.17. The summed E-state index contributed by atoms with van der Waals surface area (Å²) in [4.78, 5) is 21.9. The van der Waals surface area contributed by atoms with Gasteiger partial charge in [0.25, 0.3) is 0 Å². The molecule has 3 nitrogen and oxygen atoms in total. The lowest BCUT2D eigenvalue weighted by Gasteiger charge is -2.14. The zero-order chi connectivity index (χ0) is 13.9. The van der Waals surface area contributed by atoms with Gasteiger partial charge < -0.3 is 0 Å². The zero-order valence-electron chi connectivity index (χ0n) is 8.71. The van der Waals surface area contributed by atoms with Crippen LogP contribution in [0.15, 0.2) is 12.1 Å². The summed E-state index contributed by atoms with van der Waals surface area (Å²) in [5.41, 5.74) is -3.41. The van der Waals surface area contributed by atoms with Crippen molar-refractivity contribution in [1.82, 2.24) is 0 Å². The molecule has 0 saturated heterocycles. The fourth-order valence-electron chi connectivity index (χ4n) is 1.44. The SMILES string of the molecule is N#Cc1c(C=O)ccc(C(=O)CCl)c1C(F)(F)F. The van der Waals surface area contributed by atoms with Crippen molar-refractivity contribution in [3.05, 3.63) is 34.4 Å². The predicted octanol–water partition coefficient (Wildman–Crippen LogP) is 2.81. The van der Waals surface area contributed by atoms with Gasteiger partial charge in [-0.15, -0.1) is 11.6 Å². The van der Waals surface area contributed by atoms with Crippen LogP contribution in [-0.2, 0) is 6.18 Å². The van der Waals surface area contributed by atoms with Crippen LogP contribution in [0.3, 0.4) is 0 Å². The summed E-state index contributed by atoms with van der Waals surface area (Å²) in [7, 11) is 0. The summed E-state index contributed by atoms with van der Waals surface area (Å²) in [5, 5.41) is 8.72. The van der Waals surface area contributed by atoms with Gasteiger partial charge in [0, 0.05) is 11.1 Å². The molecule has 0 aliphatic carbocycles. The van der Waals surface area contributed by atoms with Crippen LogP contribution in [0.5, 0.6) is 0 Å². The first-order valence-electron chi connectivity index (χ1n) is 4.55. The molecule has 18 heavy (non-hydrogen) atoms. The van der Waals surface area contributed by atoms with Gasteiger partial charge in [0.2, 0.25) is 0 Å². The van der Waals surface area contributed by atoms with E-state index in [0.29, 0.717) is 0 Å². The Labute approximate surface area is 105 Å². The molecule has 0 aliphatic rings. The number of Topliss-reactive ketones (excluding diaryl/α,β-unsaturated/α-hetero) is 1. The number of aldehydes is 1. The van der Waals surface area contributed by atoms with Crippen molar-refractivity contribution >= 4 is 23.7 Å². The van der Waals surface area contributed by atoms with E-state index in [1.54, 1.807) is 0 Å². The molecule has 94 valence electrons. The first-order valence-corrected chi connectivity index (χ1v) is 5.09. The number of halogens is 4. The van der Waals surface area contributed by atoms with E-state index < -0.39 is 40.1 Å². The largest absolute Gasteiger partial charge is 0.418 e. The first-order chi connectivity index (χ1) is 8.36. The van der Waals surface area contributed by atoms with Gasteiger partial charge >= 0.3 is 6.18 Å². The first kappa shape index (κ1) is 14.2. The van der Waals surface area contributed by atoms with Gasteiger partial charge in [-0.05, 0) is 12.1 Å². The Morgan fingerprint density at radius 1 is 1.44 bits per heavy atom. The molecular weight excluding hydrogens is 271 g/mol. The van der Waals surface area contributed by atoms with Gasteiger partial charge in [-0.2, -0.15) is 18.4 Å². The molecule has 0 atom stereocenters. The Hall–Kier alpha value is -1.87. The van der Waals surface area contributed by atoms with E-state index >= 15 is 0 Å². The van der Waals surface area contributed by atoms with Crippen molar-refractivity contribution in [2.45, 2.75) is 6.18 Å². The standard InChI is InChI=1S/C11H5ClF3NO2/c12-3-9(18)7-2-1-6(5-17)8(4-16)10(7)11(13,14)15/h1-2,5H,3H2. The number of alkyl halides is 4. The number of rotatable bonds is 3. The lowest BCUT2D eigenvalue weighted by atomic mass is 9.94. The zero-order valence-corrected chi connectivity index (χ0v) is 9.47. The molecule has 0 aromatic heterocycles. The second kappa shape index (κ2) is 5.19. The maximum absolute atomic E-state index is 12.8. The number of benzene rings is 1. The number of nitrogens with zero attached hydrogens (tertiary/aromatic N) is 1. The maximum atomic E-state index is 12.8. The van der Waals surface area contributed by atoms with E-state index in [1.165, 1.54) is 6.07 Å². The fraction of sp³-hybridized carbons (Fsp3) is 0.182. The van der Waals surface area contributed by atoms with Crippen molar-refractivity contribution in [2.24, 2.45) is 0 Å². The molecule has 0 fully saturated rings. The van der Waals surface area contributed by atoms with Crippen LogP contribution in [0, 0.1) is 11.3 Å². The normalized spacial score (nSPS) is 10.8. The highest BCUT2D eigenvalue weighted by atomic mass is 35.5. The smallest absolute Gasteiger partial charge is 0.298 e. The minimum atomic E-state index is -4.92. The summed E-state index contributed by atoms with van der Waals surface area (Å²) < 4.78 is 38.5. The Bertz CT molecular complexity index is 546. The predicted molar refractivity (Wildman–Crippen MR) is 56.6 cm³/mol. The number of nitriles is 1. The third-order valence-electron chi connectivity index (χ3n) is 2.18. The van der Waals surface area contributed by atoms with Crippen LogP contribution in [0.2, 0.25) is 0 Å². The van der Waals surface area contributed by atoms with Gasteiger partial charge in [0.1, 0.15) is 6.07 Å². The second-order valence-electron chi connectivity index (χ2n) is 3.24. The van der Waals surface area contributed by atoms with Gasteiger partial charge in [-0.25, -0.2) is 0 Å². The van der Waals surface area contributed by atoms with Crippen molar-refractivity contribution in [3.8, 4) is 6.07 Å². The number of hydrogen-bond acceptors (Lipinski definition) is 3. The number of hydrogen-bond donors (Lipinski definition) is 0. The molecule has 0 aliphatic heterocycles. The Morgan fingerprint density at radius 3 is 2.44 bits per heavy atom. The fourth-order valence-corrected chi connectivity index (χ4v) is 1.58. The van der Waals surface area contributed by atoms with Gasteiger partial charge in [-0.1, -0.05) is 0 Å². The molecule has 0 N–H and O–H groups in total. The minimum absolute atomic E-state index is 0.128. The number of carbonyl (C=O) groups is 2. The highest BCUT2D eigenvalue weighted by Gasteiger charge is 2.38. The van der Waals surface area contributed by atoms with Crippen molar-refractivity contribution < 1.29 is 22.8 Å². The molecule has 0 amide bonds. The average Bonchev–Trinajstić information content (AvgIpc) is 2.34. The van der Waals surface area contributed by atoms with Gasteiger partial charge in [0.05, 0.1) is 17.0 Å². The molecule has 0 heterocycles. The molecule has 0 bridgehead atoms. The molecule has 0 unspecified atom stereocenters. The number of carbonyl (C=O) groups excluding carboxylic acids is 2. The van der Waals surface area contributed by atoms with E-state index in [4.69, 9.17) is 16.9 Å². The summed E-state index contributed by atoms with van der Waals surface area (Å²) >= 11 is 5.21. The highest BCUT2D eigenvalue weighted by molar-refractivity contribution is 6.30. The Balaban J connectivity index is 3.72. The molecule has 7 heteroatoms. The average molecular weight is 276 g/mol. The van der Waals surface area contributed by atoms with E-state index in [1.807, 2.05) is 0 Å². The molecule has 0 radical (unpaired) electrons. The van der Waals surface area contributed by atoms with Crippen LogP contribution in [-0.4, -0.2) is 17.9 Å². The van der Waals surface area contributed by atoms with Gasteiger partial charge in [0.15, 0.2) is 12.1 Å². The lowest BCUT2D eigenvalue weighted by molar-refractivity contribution is -0.138. The molecule has 0 saturated carbocycles. The summed E-state index contributed by atoms with van der Waals surface area (Å²) in [6, 6.07) is 3.13. The Kier molecular flexibility index (Phi) is 4.09. The van der Waals surface area contributed by atoms with E-state index in [2.05, 4.69) is 0 Å². The van der Waals surface area contributed by atoms with E-state index in [-0.39, 0.29) is 6.29 Å². The molecule has 1 aromatic rings. The van der Waals surface area contributed by atoms with Crippen LogP contribution in [0.4, 0.5) is 13.2 Å². The van der Waals surface area contributed by atoms with Crippen molar-refractivity contribution in [2.75, 3.05) is 5.88 Å². The summed E-state index contributed by atoms with van der Waals surface area (Å²) in [6.07, 6.45) is -4.79. The molecule has 0 spiro atoms. The minimum Gasteiger partial charge on any atom is -0.298 e. The Morgan fingerprint density at radius 2 is 2.06 bits per heavy atom. The van der Waals surface area contributed by atoms with Crippen molar-refractivity contribution in [3.63, 3.8) is 0 Å². The third kappa shape index (κ3) is 2.51. The van der Waals surface area contributed by atoms with E-state index in [0.717, 1.165) is 12.1 Å². The van der Waals surface area contributed by atoms with Crippen LogP contribution in [0.25, 0.3) is 0 Å². The van der Waals surface area contributed by atoms with Crippen LogP contribution in [0.1, 0.15) is 31.8 Å². The van der Waals surface area contributed by atoms with Gasteiger partial charge in [-0.3, -0.25) is 9.59 Å². The van der Waals surface area contributed by atoms with E-state index in [9.17, 15) is 22.8 Å². The summed E-state index contributed by atoms with van der Waals surface area (Å²) in [6.45, 7) is 0. The summed E-state index contributed by atoms with van der Waals surface area (Å²) in [5.74, 6) is -1.60. The maximum Gasteiger partial charge on any atom is 0.418 e. The number of ketones is 1. The highest BCUT2D eigenvalue weighted by Crippen LogP contribution is 2.36. The van der Waals surface area contributed by atoms with Crippen molar-refractivity contribution in [1.29, 1.82) is 5.26 Å². The monoisotopic (exact) mass is 275 g/mol. The van der Waals surface area contributed by atoms with Crippen LogP contribution < -0.4 is 0 Å². The second-order valence-corrected chi connectivity index (χ2v) is 3.50. The molecule has 1 aromatic carbocycles. The van der Waals surface area contributed by atoms with Crippen LogP contribution >= 0.6 is 11.6 Å². The quantitative estimate of drug-likeness (QED) is 0.484.